The number of hydrogen-bond donors (Lipinski definition) is 0. The van der Waals surface area contributed by atoms with Crippen molar-refractivity contribution >= 4 is 38.9 Å². The number of aromatic nitrogens is 1. The molecule has 0 aliphatic carbocycles. The smallest absolute Gasteiger partial charge is 0.339 e. The molecule has 1 aromatic rings. The quantitative estimate of drug-likeness (QED) is 0.634. The van der Waals surface area contributed by atoms with Crippen LogP contribution in [-0.2, 0) is 10.1 Å². The fourth-order valence-corrected chi connectivity index (χ4v) is 1.19. The Labute approximate surface area is 102 Å². The third-order valence-corrected chi connectivity index (χ3v) is 2.11. The van der Waals surface area contributed by atoms with Gasteiger partial charge in [0, 0.05) is 17.7 Å². The first kappa shape index (κ1) is 13.6. The van der Waals surface area contributed by atoms with Gasteiger partial charge in [0.25, 0.3) is 0 Å². The number of hydrogen-bond acceptors (Lipinski definition) is 3. The molecule has 1 rings (SSSR count). The highest BCUT2D eigenvalue weighted by molar-refractivity contribution is 9.08. The van der Waals surface area contributed by atoms with E-state index >= 15 is 0 Å². The molecule has 1 aromatic heterocycles. The van der Waals surface area contributed by atoms with Gasteiger partial charge >= 0.3 is 5.97 Å². The van der Waals surface area contributed by atoms with E-state index in [2.05, 4.69) is 20.9 Å². The minimum Gasteiger partial charge on any atom is -0.462 e. The van der Waals surface area contributed by atoms with E-state index in [9.17, 15) is 4.79 Å². The summed E-state index contributed by atoms with van der Waals surface area (Å²) >= 11 is 3.29. The van der Waals surface area contributed by atoms with E-state index in [1.165, 1.54) is 6.20 Å². The Morgan fingerprint density at radius 1 is 1.57 bits per heavy atom. The fourth-order valence-electron chi connectivity index (χ4n) is 0.887. The highest BCUT2D eigenvalue weighted by Crippen LogP contribution is 2.07. The summed E-state index contributed by atoms with van der Waals surface area (Å²) in [4.78, 5) is 15.2. The molecule has 0 aliphatic heterocycles. The molecule has 0 aliphatic rings. The molecule has 0 atom stereocenters. The lowest BCUT2D eigenvalue weighted by atomic mass is 10.2. The van der Waals surface area contributed by atoms with E-state index in [0.717, 1.165) is 5.56 Å². The first-order chi connectivity index (χ1) is 6.27. The van der Waals surface area contributed by atoms with Crippen LogP contribution in [0.3, 0.4) is 0 Å². The van der Waals surface area contributed by atoms with Crippen molar-refractivity contribution in [3.05, 3.63) is 29.6 Å². The minimum absolute atomic E-state index is 0. The Morgan fingerprint density at radius 2 is 2.29 bits per heavy atom. The maximum atomic E-state index is 11.2. The third-order valence-electron chi connectivity index (χ3n) is 1.46. The fraction of sp³-hybridized carbons (Fsp3) is 0.333. The average Bonchev–Trinajstić information content (AvgIpc) is 2.18. The summed E-state index contributed by atoms with van der Waals surface area (Å²) in [6.45, 7) is 2.16. The molecule has 0 amide bonds. The molecule has 5 heteroatoms. The van der Waals surface area contributed by atoms with Gasteiger partial charge in [0.05, 0.1) is 12.2 Å². The van der Waals surface area contributed by atoms with Gasteiger partial charge in [-0.15, -0.1) is 17.0 Å². The van der Waals surface area contributed by atoms with E-state index in [-0.39, 0.29) is 23.0 Å². The second kappa shape index (κ2) is 6.95. The lowest BCUT2D eigenvalue weighted by Crippen LogP contribution is -2.05. The molecule has 0 fully saturated rings. The van der Waals surface area contributed by atoms with Crippen molar-refractivity contribution in [2.75, 3.05) is 6.61 Å². The first-order valence-corrected chi connectivity index (χ1v) is 5.07. The Bertz CT molecular complexity index is 305. The summed E-state index contributed by atoms with van der Waals surface area (Å²) in [5.74, 6) is -0.321. The van der Waals surface area contributed by atoms with Crippen LogP contribution in [0.2, 0.25) is 0 Å². The number of ether oxygens (including phenoxy) is 1. The van der Waals surface area contributed by atoms with Crippen LogP contribution in [0.4, 0.5) is 0 Å². The van der Waals surface area contributed by atoms with Gasteiger partial charge in [-0.05, 0) is 18.6 Å². The first-order valence-electron chi connectivity index (χ1n) is 3.95. The molecule has 0 bridgehead atoms. The van der Waals surface area contributed by atoms with Crippen LogP contribution in [0.15, 0.2) is 18.5 Å². The van der Waals surface area contributed by atoms with Crippen molar-refractivity contribution in [3.8, 4) is 0 Å². The molecule has 1 heterocycles. The molecule has 0 unspecified atom stereocenters. The lowest BCUT2D eigenvalue weighted by molar-refractivity contribution is 0.0526. The lowest BCUT2D eigenvalue weighted by Gasteiger charge is -2.01. The van der Waals surface area contributed by atoms with Gasteiger partial charge in [-0.1, -0.05) is 15.9 Å². The predicted molar refractivity (Wildman–Crippen MR) is 63.1 cm³/mol. The van der Waals surface area contributed by atoms with Crippen molar-refractivity contribution < 1.29 is 9.53 Å². The maximum absolute atomic E-state index is 11.2. The summed E-state index contributed by atoms with van der Waals surface area (Å²) in [7, 11) is 0. The van der Waals surface area contributed by atoms with Crippen molar-refractivity contribution in [1.29, 1.82) is 0 Å². The number of esters is 1. The van der Waals surface area contributed by atoms with Gasteiger partial charge in [-0.2, -0.15) is 0 Å². The van der Waals surface area contributed by atoms with Crippen LogP contribution in [0, 0.1) is 0 Å². The van der Waals surface area contributed by atoms with Crippen LogP contribution < -0.4 is 0 Å². The second-order valence-electron chi connectivity index (χ2n) is 2.44. The number of carbonyl (C=O) groups excluding carboxylic acids is 1. The molecule has 0 saturated carbocycles. The molecule has 14 heavy (non-hydrogen) atoms. The molecular formula is C9H11Br2NO2. The minimum atomic E-state index is -0.321. The number of carbonyl (C=O) groups is 1. The number of rotatable bonds is 3. The van der Waals surface area contributed by atoms with Crippen molar-refractivity contribution in [1.82, 2.24) is 4.98 Å². The van der Waals surface area contributed by atoms with Crippen molar-refractivity contribution in [2.45, 2.75) is 12.3 Å². The number of pyridine rings is 1. The van der Waals surface area contributed by atoms with E-state index in [1.54, 1.807) is 19.2 Å². The SMILES string of the molecule is Br.CCOC(=O)c1cncc(CBr)c1. The highest BCUT2D eigenvalue weighted by atomic mass is 79.9. The summed E-state index contributed by atoms with van der Waals surface area (Å²) in [5, 5.41) is 0.688. The molecule has 3 nitrogen and oxygen atoms in total. The maximum Gasteiger partial charge on any atom is 0.339 e. The van der Waals surface area contributed by atoms with Crippen LogP contribution in [-0.4, -0.2) is 17.6 Å². The van der Waals surface area contributed by atoms with Crippen molar-refractivity contribution in [3.63, 3.8) is 0 Å². The van der Waals surface area contributed by atoms with Gasteiger partial charge in [0.15, 0.2) is 0 Å². The number of halogens is 2. The van der Waals surface area contributed by atoms with Crippen LogP contribution in [0.5, 0.6) is 0 Å². The van der Waals surface area contributed by atoms with Gasteiger partial charge in [0.2, 0.25) is 0 Å². The largest absolute Gasteiger partial charge is 0.462 e. The van der Waals surface area contributed by atoms with E-state index in [1.807, 2.05) is 0 Å². The Hall–Kier alpha value is -0.420. The van der Waals surface area contributed by atoms with Crippen LogP contribution >= 0.6 is 32.9 Å². The Kier molecular flexibility index (Phi) is 6.74. The second-order valence-corrected chi connectivity index (χ2v) is 3.00. The zero-order chi connectivity index (χ0) is 9.68. The molecule has 0 N–H and O–H groups in total. The topological polar surface area (TPSA) is 39.2 Å². The number of alkyl halides is 1. The van der Waals surface area contributed by atoms with Gasteiger partial charge in [0.1, 0.15) is 0 Å². The number of nitrogens with zero attached hydrogens (tertiary/aromatic N) is 1. The Balaban J connectivity index is 0.00000169. The average molecular weight is 325 g/mol. The third kappa shape index (κ3) is 3.75. The summed E-state index contributed by atoms with van der Waals surface area (Å²) in [5.41, 5.74) is 1.46. The van der Waals surface area contributed by atoms with Crippen molar-refractivity contribution in [2.24, 2.45) is 0 Å². The van der Waals surface area contributed by atoms with Gasteiger partial charge in [-0.3, -0.25) is 4.98 Å². The van der Waals surface area contributed by atoms with Gasteiger partial charge < -0.3 is 4.74 Å². The van der Waals surface area contributed by atoms with E-state index < -0.39 is 0 Å². The predicted octanol–water partition coefficient (Wildman–Crippen LogP) is 2.73. The summed E-state index contributed by atoms with van der Waals surface area (Å²) in [6.07, 6.45) is 3.21. The van der Waals surface area contributed by atoms with Crippen LogP contribution in [0.25, 0.3) is 0 Å². The normalized spacial score (nSPS) is 9.00. The summed E-state index contributed by atoms with van der Waals surface area (Å²) in [6, 6.07) is 1.76. The van der Waals surface area contributed by atoms with E-state index in [0.29, 0.717) is 17.5 Å². The highest BCUT2D eigenvalue weighted by Gasteiger charge is 2.06. The molecule has 78 valence electrons. The molecular weight excluding hydrogens is 314 g/mol. The van der Waals surface area contributed by atoms with Crippen LogP contribution in [0.1, 0.15) is 22.8 Å². The summed E-state index contributed by atoms with van der Waals surface area (Å²) < 4.78 is 4.83. The van der Waals surface area contributed by atoms with E-state index in [4.69, 9.17) is 4.74 Å². The monoisotopic (exact) mass is 323 g/mol. The standard InChI is InChI=1S/C9H10BrNO2.BrH/c1-2-13-9(12)8-3-7(4-10)5-11-6-8;/h3,5-6H,2,4H2,1H3;1H. The molecule has 0 saturated heterocycles. The molecule has 0 aromatic carbocycles. The molecule has 0 spiro atoms. The van der Waals surface area contributed by atoms with Gasteiger partial charge in [-0.25, -0.2) is 4.79 Å². The Morgan fingerprint density at radius 3 is 2.86 bits per heavy atom. The zero-order valence-corrected chi connectivity index (χ0v) is 11.0. The zero-order valence-electron chi connectivity index (χ0n) is 7.70. The molecule has 0 radical (unpaired) electrons.